The molecule has 0 spiro atoms. The Bertz CT molecular complexity index is 686. The van der Waals surface area contributed by atoms with Crippen molar-refractivity contribution in [2.75, 3.05) is 25.5 Å². The number of hydrogen-bond donors (Lipinski definition) is 1. The number of thioether (sulfide) groups is 1. The first-order valence-electron chi connectivity index (χ1n) is 7.34. The third kappa shape index (κ3) is 4.73. The lowest BCUT2D eigenvalue weighted by Crippen LogP contribution is -2.34. The van der Waals surface area contributed by atoms with Gasteiger partial charge in [0.15, 0.2) is 6.61 Å². The summed E-state index contributed by atoms with van der Waals surface area (Å²) in [6.07, 6.45) is 0.106. The number of carbonyl (C=O) groups excluding carboxylic acids is 3. The molecule has 0 aliphatic carbocycles. The van der Waals surface area contributed by atoms with E-state index in [-0.39, 0.29) is 31.2 Å². The molecule has 1 atom stereocenters. The van der Waals surface area contributed by atoms with Crippen molar-refractivity contribution in [1.82, 2.24) is 4.90 Å². The number of benzene rings is 1. The van der Waals surface area contributed by atoms with Crippen molar-refractivity contribution in [3.05, 3.63) is 24.3 Å². The Labute approximate surface area is 143 Å². The summed E-state index contributed by atoms with van der Waals surface area (Å²) >= 11 is 1.30. The van der Waals surface area contributed by atoms with Gasteiger partial charge in [0.2, 0.25) is 5.91 Å². The number of fused-ring (bicyclic) bond motifs is 1. The van der Waals surface area contributed by atoms with E-state index in [4.69, 9.17) is 10.00 Å². The van der Waals surface area contributed by atoms with Gasteiger partial charge in [-0.15, -0.1) is 11.8 Å². The number of para-hydroxylation sites is 1. The third-order valence-corrected chi connectivity index (χ3v) is 4.68. The van der Waals surface area contributed by atoms with Crippen molar-refractivity contribution < 1.29 is 19.1 Å². The number of nitrogens with zero attached hydrogens (tertiary/aromatic N) is 2. The van der Waals surface area contributed by atoms with Crippen molar-refractivity contribution >= 4 is 35.2 Å². The molecule has 0 aromatic heterocycles. The molecule has 2 amide bonds. The van der Waals surface area contributed by atoms with E-state index in [1.165, 1.54) is 23.7 Å². The lowest BCUT2D eigenvalue weighted by molar-refractivity contribution is -0.151. The van der Waals surface area contributed by atoms with E-state index in [1.54, 1.807) is 6.07 Å². The predicted octanol–water partition coefficient (Wildman–Crippen LogP) is 1.40. The number of hydrogen-bond acceptors (Lipinski definition) is 6. The van der Waals surface area contributed by atoms with E-state index >= 15 is 0 Å². The average molecular weight is 347 g/mol. The fourth-order valence-electron chi connectivity index (χ4n) is 2.03. The maximum atomic E-state index is 12.0. The molecule has 0 unspecified atom stereocenters. The van der Waals surface area contributed by atoms with Crippen LogP contribution in [0.4, 0.5) is 5.69 Å². The van der Waals surface area contributed by atoms with Gasteiger partial charge >= 0.3 is 5.97 Å². The molecule has 1 aliphatic heterocycles. The first-order chi connectivity index (χ1) is 11.5. The van der Waals surface area contributed by atoms with E-state index in [1.807, 2.05) is 24.3 Å². The van der Waals surface area contributed by atoms with Crippen molar-refractivity contribution in [1.29, 1.82) is 5.26 Å². The molecule has 126 valence electrons. The minimum atomic E-state index is -0.607. The number of esters is 1. The average Bonchev–Trinajstić information content (AvgIpc) is 2.58. The highest BCUT2D eigenvalue weighted by Crippen LogP contribution is 2.36. The molecule has 0 saturated heterocycles. The highest BCUT2D eigenvalue weighted by molar-refractivity contribution is 8.01. The van der Waals surface area contributed by atoms with Crippen LogP contribution in [0.2, 0.25) is 0 Å². The summed E-state index contributed by atoms with van der Waals surface area (Å²) in [5.74, 6) is -1.25. The van der Waals surface area contributed by atoms with Crippen LogP contribution in [0.1, 0.15) is 12.8 Å². The molecule has 0 bridgehead atoms. The maximum Gasteiger partial charge on any atom is 0.307 e. The summed E-state index contributed by atoms with van der Waals surface area (Å²) in [6, 6.07) is 9.28. The summed E-state index contributed by atoms with van der Waals surface area (Å²) in [6.45, 7) is -0.110. The number of ether oxygens (including phenoxy) is 1. The molecule has 0 fully saturated rings. The Balaban J connectivity index is 1.82. The van der Waals surface area contributed by atoms with Crippen LogP contribution in [0.3, 0.4) is 0 Å². The van der Waals surface area contributed by atoms with E-state index in [0.29, 0.717) is 0 Å². The van der Waals surface area contributed by atoms with Gasteiger partial charge in [-0.1, -0.05) is 12.1 Å². The molecular formula is C16H17N3O4S. The molecule has 1 aromatic carbocycles. The maximum absolute atomic E-state index is 12.0. The second-order valence-corrected chi connectivity index (χ2v) is 6.42. The SMILES string of the molecule is CN(CCC#N)C(=O)COC(=O)C[C@H]1Sc2ccccc2NC1=O. The fraction of sp³-hybridized carbons (Fsp3) is 0.375. The number of nitrogens with one attached hydrogen (secondary N) is 1. The van der Waals surface area contributed by atoms with E-state index in [0.717, 1.165) is 10.6 Å². The van der Waals surface area contributed by atoms with Crippen LogP contribution < -0.4 is 5.32 Å². The number of nitriles is 1. The summed E-state index contributed by atoms with van der Waals surface area (Å²) in [4.78, 5) is 37.8. The number of anilines is 1. The second kappa shape index (κ2) is 8.36. The minimum absolute atomic E-state index is 0.111. The monoisotopic (exact) mass is 347 g/mol. The van der Waals surface area contributed by atoms with Crippen LogP contribution in [0.25, 0.3) is 0 Å². The Kier molecular flexibility index (Phi) is 6.21. The highest BCUT2D eigenvalue weighted by atomic mass is 32.2. The van der Waals surface area contributed by atoms with Crippen LogP contribution in [0.5, 0.6) is 0 Å². The van der Waals surface area contributed by atoms with Crippen molar-refractivity contribution in [3.8, 4) is 6.07 Å². The third-order valence-electron chi connectivity index (χ3n) is 3.40. The molecule has 1 N–H and O–H groups in total. The quantitative estimate of drug-likeness (QED) is 0.781. The van der Waals surface area contributed by atoms with Crippen LogP contribution in [-0.4, -0.2) is 48.1 Å². The van der Waals surface area contributed by atoms with Gasteiger partial charge in [-0.3, -0.25) is 14.4 Å². The summed E-state index contributed by atoms with van der Waals surface area (Å²) in [5, 5.41) is 10.6. The predicted molar refractivity (Wildman–Crippen MR) is 88.2 cm³/mol. The molecule has 0 saturated carbocycles. The number of likely N-dealkylation sites (N-methyl/N-ethyl adjacent to an activating group) is 1. The van der Waals surface area contributed by atoms with Crippen molar-refractivity contribution in [3.63, 3.8) is 0 Å². The van der Waals surface area contributed by atoms with Gasteiger partial charge in [0, 0.05) is 18.5 Å². The lowest BCUT2D eigenvalue weighted by Gasteiger charge is -2.23. The summed E-state index contributed by atoms with van der Waals surface area (Å²) in [5.41, 5.74) is 0.728. The largest absolute Gasteiger partial charge is 0.456 e. The smallest absolute Gasteiger partial charge is 0.307 e. The van der Waals surface area contributed by atoms with Crippen molar-refractivity contribution in [2.45, 2.75) is 23.0 Å². The van der Waals surface area contributed by atoms with E-state index in [9.17, 15) is 14.4 Å². The molecule has 2 rings (SSSR count). The summed E-state index contributed by atoms with van der Waals surface area (Å²) < 4.78 is 4.94. The second-order valence-electron chi connectivity index (χ2n) is 5.18. The Morgan fingerprint density at radius 1 is 1.42 bits per heavy atom. The zero-order valence-corrected chi connectivity index (χ0v) is 14.0. The van der Waals surface area contributed by atoms with E-state index < -0.39 is 17.8 Å². The van der Waals surface area contributed by atoms with E-state index in [2.05, 4.69) is 5.32 Å². The fourth-order valence-corrected chi connectivity index (χ4v) is 3.13. The van der Waals surface area contributed by atoms with Gasteiger partial charge < -0.3 is 15.0 Å². The zero-order chi connectivity index (χ0) is 17.5. The standard InChI is InChI=1S/C16H17N3O4S/c1-19(8-4-7-17)14(20)10-23-15(21)9-13-16(22)18-11-5-2-3-6-12(11)24-13/h2-3,5-6,13H,4,8-10H2,1H3,(H,18,22)/t13-/m1/s1. The topological polar surface area (TPSA) is 99.5 Å². The molecule has 1 heterocycles. The summed E-state index contributed by atoms with van der Waals surface area (Å²) in [7, 11) is 1.54. The lowest BCUT2D eigenvalue weighted by atomic mass is 10.2. The molecule has 8 heteroatoms. The van der Waals surface area contributed by atoms with Crippen LogP contribution >= 0.6 is 11.8 Å². The zero-order valence-electron chi connectivity index (χ0n) is 13.2. The number of carbonyl (C=O) groups is 3. The van der Waals surface area contributed by atoms with Gasteiger partial charge in [-0.05, 0) is 12.1 Å². The normalized spacial score (nSPS) is 15.7. The van der Waals surface area contributed by atoms with Gasteiger partial charge in [0.1, 0.15) is 0 Å². The van der Waals surface area contributed by atoms with Crippen LogP contribution in [0, 0.1) is 11.3 Å². The molecule has 1 aliphatic rings. The Morgan fingerprint density at radius 3 is 2.92 bits per heavy atom. The Morgan fingerprint density at radius 2 is 2.17 bits per heavy atom. The van der Waals surface area contributed by atoms with Gasteiger partial charge in [0.05, 0.1) is 29.8 Å². The minimum Gasteiger partial charge on any atom is -0.456 e. The first-order valence-corrected chi connectivity index (χ1v) is 8.22. The van der Waals surface area contributed by atoms with Crippen LogP contribution in [0.15, 0.2) is 29.2 Å². The molecule has 7 nitrogen and oxygen atoms in total. The van der Waals surface area contributed by atoms with Gasteiger partial charge in [-0.2, -0.15) is 5.26 Å². The van der Waals surface area contributed by atoms with Crippen molar-refractivity contribution in [2.24, 2.45) is 0 Å². The van der Waals surface area contributed by atoms with Crippen LogP contribution in [-0.2, 0) is 19.1 Å². The number of amides is 2. The number of rotatable bonds is 6. The van der Waals surface area contributed by atoms with Gasteiger partial charge in [0.25, 0.3) is 5.91 Å². The molecule has 0 radical (unpaired) electrons. The molecule has 1 aromatic rings. The van der Waals surface area contributed by atoms with Gasteiger partial charge in [-0.25, -0.2) is 0 Å². The molecular weight excluding hydrogens is 330 g/mol. The highest BCUT2D eigenvalue weighted by Gasteiger charge is 2.29. The first kappa shape index (κ1) is 17.8. The Hall–Kier alpha value is -2.53. The molecule has 24 heavy (non-hydrogen) atoms.